The molecule has 0 amide bonds. The Hall–Kier alpha value is -0.600. The predicted octanol–water partition coefficient (Wildman–Crippen LogP) is 4.54. The molecule has 1 aromatic carbocycles. The Morgan fingerprint density at radius 1 is 1.28 bits per heavy atom. The summed E-state index contributed by atoms with van der Waals surface area (Å²) >= 11 is 5.74. The van der Waals surface area contributed by atoms with Gasteiger partial charge in [-0.3, -0.25) is 0 Å². The molecule has 0 unspecified atom stereocenters. The van der Waals surface area contributed by atoms with Gasteiger partial charge in [0.05, 0.1) is 5.02 Å². The van der Waals surface area contributed by atoms with Crippen molar-refractivity contribution in [1.29, 1.82) is 0 Å². The molecule has 1 aliphatic rings. The van der Waals surface area contributed by atoms with Crippen molar-refractivity contribution in [3.05, 3.63) is 34.6 Å². The van der Waals surface area contributed by atoms with E-state index in [1.807, 2.05) is 0 Å². The van der Waals surface area contributed by atoms with E-state index in [9.17, 15) is 4.39 Å². The van der Waals surface area contributed by atoms with Crippen LogP contribution in [-0.2, 0) is 6.54 Å². The van der Waals surface area contributed by atoms with Gasteiger partial charge in [0.15, 0.2) is 0 Å². The van der Waals surface area contributed by atoms with E-state index in [1.165, 1.54) is 44.6 Å². The van der Waals surface area contributed by atoms with E-state index in [0.29, 0.717) is 0 Å². The minimum atomic E-state index is -0.346. The third-order valence-electron chi connectivity index (χ3n) is 3.75. The van der Waals surface area contributed by atoms with Crippen molar-refractivity contribution in [3.8, 4) is 0 Å². The molecule has 0 spiro atoms. The van der Waals surface area contributed by atoms with Gasteiger partial charge in [0.2, 0.25) is 0 Å². The molecular weight excluding hydrogens is 249 g/mol. The lowest BCUT2D eigenvalue weighted by Gasteiger charge is -2.09. The molecule has 0 saturated heterocycles. The number of hydrogen-bond acceptors (Lipinski definition) is 1. The Bertz CT molecular complexity index is 375. The van der Waals surface area contributed by atoms with Crippen molar-refractivity contribution in [1.82, 2.24) is 5.32 Å². The zero-order valence-electron chi connectivity index (χ0n) is 10.7. The number of nitrogens with one attached hydrogen (secondary N) is 1. The van der Waals surface area contributed by atoms with Gasteiger partial charge in [-0.05, 0) is 43.0 Å². The van der Waals surface area contributed by atoms with Crippen LogP contribution in [0.5, 0.6) is 0 Å². The highest BCUT2D eigenvalue weighted by molar-refractivity contribution is 6.30. The topological polar surface area (TPSA) is 12.0 Å². The van der Waals surface area contributed by atoms with Crippen molar-refractivity contribution in [2.45, 2.75) is 45.1 Å². The average Bonchev–Trinajstić information content (AvgIpc) is 2.86. The number of halogens is 2. The first-order chi connectivity index (χ1) is 8.75. The van der Waals surface area contributed by atoms with Crippen molar-refractivity contribution in [2.75, 3.05) is 6.54 Å². The molecule has 1 aromatic rings. The number of benzene rings is 1. The summed E-state index contributed by atoms with van der Waals surface area (Å²) in [6.07, 6.45) is 8.27. The Balaban J connectivity index is 1.61. The van der Waals surface area contributed by atoms with Crippen molar-refractivity contribution in [2.24, 2.45) is 5.92 Å². The third-order valence-corrected chi connectivity index (χ3v) is 4.04. The standard InChI is InChI=1S/C15H21ClFN/c16-14-10-13(7-8-15(14)17)11-18-9-3-6-12-4-1-2-5-12/h7-8,10,12,18H,1-6,9,11H2. The highest BCUT2D eigenvalue weighted by atomic mass is 35.5. The Morgan fingerprint density at radius 2 is 2.06 bits per heavy atom. The molecule has 18 heavy (non-hydrogen) atoms. The highest BCUT2D eigenvalue weighted by Gasteiger charge is 2.13. The van der Waals surface area contributed by atoms with Gasteiger partial charge in [0.1, 0.15) is 5.82 Å². The minimum absolute atomic E-state index is 0.209. The molecule has 0 radical (unpaired) electrons. The van der Waals surface area contributed by atoms with Crippen molar-refractivity contribution >= 4 is 11.6 Å². The molecule has 0 atom stereocenters. The van der Waals surface area contributed by atoms with Crippen LogP contribution in [0.25, 0.3) is 0 Å². The molecule has 1 fully saturated rings. The molecule has 100 valence electrons. The van der Waals surface area contributed by atoms with E-state index in [-0.39, 0.29) is 10.8 Å². The van der Waals surface area contributed by atoms with Gasteiger partial charge in [-0.15, -0.1) is 0 Å². The molecule has 0 heterocycles. The van der Waals surface area contributed by atoms with Crippen molar-refractivity contribution < 1.29 is 4.39 Å². The zero-order valence-corrected chi connectivity index (χ0v) is 11.5. The summed E-state index contributed by atoms with van der Waals surface area (Å²) in [4.78, 5) is 0. The summed E-state index contributed by atoms with van der Waals surface area (Å²) in [6.45, 7) is 1.80. The highest BCUT2D eigenvalue weighted by Crippen LogP contribution is 2.28. The summed E-state index contributed by atoms with van der Waals surface area (Å²) in [6, 6.07) is 4.91. The minimum Gasteiger partial charge on any atom is -0.313 e. The van der Waals surface area contributed by atoms with Crippen LogP contribution < -0.4 is 5.32 Å². The van der Waals surface area contributed by atoms with Crippen molar-refractivity contribution in [3.63, 3.8) is 0 Å². The van der Waals surface area contributed by atoms with E-state index < -0.39 is 0 Å². The normalized spacial score (nSPS) is 16.3. The molecule has 3 heteroatoms. The fourth-order valence-corrected chi connectivity index (χ4v) is 2.90. The predicted molar refractivity (Wildman–Crippen MR) is 74.3 cm³/mol. The third kappa shape index (κ3) is 4.25. The molecular formula is C15H21ClFN. The van der Waals surface area contributed by atoms with Gasteiger partial charge in [0, 0.05) is 6.54 Å². The van der Waals surface area contributed by atoms with Gasteiger partial charge in [-0.25, -0.2) is 4.39 Å². The average molecular weight is 270 g/mol. The lowest BCUT2D eigenvalue weighted by Crippen LogP contribution is -2.15. The summed E-state index contributed by atoms with van der Waals surface area (Å²) < 4.78 is 13.0. The van der Waals surface area contributed by atoms with Crippen LogP contribution in [-0.4, -0.2) is 6.54 Å². The quantitative estimate of drug-likeness (QED) is 0.748. The van der Waals surface area contributed by atoms with E-state index in [4.69, 9.17) is 11.6 Å². The smallest absolute Gasteiger partial charge is 0.141 e. The van der Waals surface area contributed by atoms with Crippen LogP contribution in [0, 0.1) is 11.7 Å². The fourth-order valence-electron chi connectivity index (χ4n) is 2.70. The fraction of sp³-hybridized carbons (Fsp3) is 0.600. The van der Waals surface area contributed by atoms with Crippen LogP contribution in [0.4, 0.5) is 4.39 Å². The van der Waals surface area contributed by atoms with E-state index in [1.54, 1.807) is 12.1 Å². The Kier molecular flexibility index (Phi) is 5.45. The first-order valence-corrected chi connectivity index (χ1v) is 7.28. The molecule has 0 aliphatic heterocycles. The molecule has 2 rings (SSSR count). The second-order valence-corrected chi connectivity index (χ2v) is 5.63. The van der Waals surface area contributed by atoms with Gasteiger partial charge >= 0.3 is 0 Å². The maximum atomic E-state index is 13.0. The number of rotatable bonds is 6. The largest absolute Gasteiger partial charge is 0.313 e. The second kappa shape index (κ2) is 7.10. The van der Waals surface area contributed by atoms with Gasteiger partial charge in [0.25, 0.3) is 0 Å². The molecule has 1 aliphatic carbocycles. The van der Waals surface area contributed by atoms with Gasteiger partial charge in [-0.1, -0.05) is 43.4 Å². The van der Waals surface area contributed by atoms with E-state index in [0.717, 1.165) is 24.6 Å². The van der Waals surface area contributed by atoms with Gasteiger partial charge in [-0.2, -0.15) is 0 Å². The van der Waals surface area contributed by atoms with Crippen LogP contribution in [0.2, 0.25) is 5.02 Å². The number of hydrogen-bond donors (Lipinski definition) is 1. The van der Waals surface area contributed by atoms with Crippen LogP contribution in [0.15, 0.2) is 18.2 Å². The summed E-state index contributed by atoms with van der Waals surface area (Å²) in [5.74, 6) is 0.619. The lowest BCUT2D eigenvalue weighted by molar-refractivity contribution is 0.470. The molecule has 1 N–H and O–H groups in total. The molecule has 0 bridgehead atoms. The van der Waals surface area contributed by atoms with Crippen LogP contribution in [0.1, 0.15) is 44.1 Å². The zero-order chi connectivity index (χ0) is 12.8. The maximum absolute atomic E-state index is 13.0. The lowest BCUT2D eigenvalue weighted by atomic mass is 10.0. The van der Waals surface area contributed by atoms with Crippen LogP contribution >= 0.6 is 11.6 Å². The maximum Gasteiger partial charge on any atom is 0.141 e. The monoisotopic (exact) mass is 269 g/mol. The Labute approximate surface area is 114 Å². The summed E-state index contributed by atoms with van der Waals surface area (Å²) in [7, 11) is 0. The van der Waals surface area contributed by atoms with E-state index >= 15 is 0 Å². The second-order valence-electron chi connectivity index (χ2n) is 5.22. The molecule has 1 saturated carbocycles. The summed E-state index contributed by atoms with van der Waals surface area (Å²) in [5, 5.41) is 3.60. The first kappa shape index (κ1) is 13.8. The summed E-state index contributed by atoms with van der Waals surface area (Å²) in [5.41, 5.74) is 1.04. The van der Waals surface area contributed by atoms with E-state index in [2.05, 4.69) is 5.32 Å². The molecule has 0 aromatic heterocycles. The SMILES string of the molecule is Fc1ccc(CNCCCC2CCCC2)cc1Cl. The molecule has 1 nitrogen and oxygen atoms in total. The first-order valence-electron chi connectivity index (χ1n) is 6.90. The Morgan fingerprint density at radius 3 is 2.78 bits per heavy atom. The van der Waals surface area contributed by atoms with Gasteiger partial charge < -0.3 is 5.32 Å². The van der Waals surface area contributed by atoms with Crippen LogP contribution in [0.3, 0.4) is 0 Å².